The van der Waals surface area contributed by atoms with Gasteiger partial charge in [0.15, 0.2) is 0 Å². The van der Waals surface area contributed by atoms with Crippen molar-refractivity contribution in [1.82, 2.24) is 0 Å². The first-order chi connectivity index (χ1) is 38.2. The first-order valence-electron chi connectivity index (χ1n) is 35.0. The predicted molar refractivity (Wildman–Crippen MR) is 335 cm³/mol. The molecule has 0 aromatic carbocycles. The topological polar surface area (TPSA) is 133 Å². The van der Waals surface area contributed by atoms with Gasteiger partial charge in [0.2, 0.25) is 0 Å². The first-order valence-corrected chi connectivity index (χ1v) is 35.0. The number of carbonyl (C=O) groups is 4. The van der Waals surface area contributed by atoms with E-state index >= 15 is 0 Å². The van der Waals surface area contributed by atoms with E-state index < -0.39 is 11.9 Å². The number of carboxylic acid groups (broad SMARTS) is 2. The van der Waals surface area contributed by atoms with Gasteiger partial charge in [-0.2, -0.15) is 0 Å². The van der Waals surface area contributed by atoms with Gasteiger partial charge < -0.3 is 29.3 Å². The fourth-order valence-electron chi connectivity index (χ4n) is 10.9. The molecule has 0 rings (SSSR count). The molecule has 8 nitrogen and oxygen atoms in total. The second-order valence-electron chi connectivity index (χ2n) is 24.1. The molecule has 9 heteroatoms. The Kier molecular flexibility index (Phi) is 74.4. The molecule has 0 saturated carbocycles. The zero-order valence-electron chi connectivity index (χ0n) is 53.6. The molecule has 464 valence electrons. The van der Waals surface area contributed by atoms with Crippen molar-refractivity contribution in [3.8, 4) is 0 Å². The van der Waals surface area contributed by atoms with Crippen LogP contribution in [0.2, 0.25) is 0 Å². The van der Waals surface area contributed by atoms with Crippen molar-refractivity contribution < 1.29 is 38.9 Å². The van der Waals surface area contributed by atoms with Gasteiger partial charge in [-0.1, -0.05) is 310 Å². The van der Waals surface area contributed by atoms with Crippen molar-refractivity contribution in [2.45, 2.75) is 425 Å². The van der Waals surface area contributed by atoms with Crippen LogP contribution in [0.3, 0.4) is 0 Å². The molecule has 0 aromatic rings. The Labute approximate surface area is 522 Å². The van der Waals surface area contributed by atoms with E-state index in [0.29, 0.717) is 25.7 Å². The molecule has 0 amide bonds. The third-order valence-electron chi connectivity index (χ3n) is 16.1. The van der Waals surface area contributed by atoms with Crippen molar-refractivity contribution in [3.63, 3.8) is 0 Å². The van der Waals surface area contributed by atoms with Crippen LogP contribution >= 0.6 is 0 Å². The molecule has 0 aliphatic heterocycles. The van der Waals surface area contributed by atoms with Gasteiger partial charge in [-0.05, 0) is 89.9 Å². The second kappa shape index (κ2) is 71.4. The zero-order chi connectivity index (χ0) is 57.3. The number of unbranched alkanes of at least 4 members (excludes halogenated alkanes) is 46. The van der Waals surface area contributed by atoms with Crippen LogP contribution in [-0.4, -0.2) is 73.8 Å². The maximum Gasteiger partial charge on any atom is 2.00 e. The van der Waals surface area contributed by atoms with E-state index in [2.05, 4.69) is 27.7 Å². The molecule has 0 saturated heterocycles. The van der Waals surface area contributed by atoms with Gasteiger partial charge in [-0.25, -0.2) is 0 Å². The molecule has 79 heavy (non-hydrogen) atoms. The number of hydrogen-bond acceptors (Lipinski definition) is 8. The van der Waals surface area contributed by atoms with E-state index in [1.54, 1.807) is 0 Å². The number of carbonyl (C=O) groups excluding carboxylic acids is 4. The summed E-state index contributed by atoms with van der Waals surface area (Å²) in [5, 5.41) is 21.3. The van der Waals surface area contributed by atoms with Gasteiger partial charge in [0.25, 0.3) is 0 Å². The average molecular weight is 1140 g/mol. The fraction of sp³-hybridized carbons (Fsp3) is 0.943. The first kappa shape index (κ1) is 82.4. The van der Waals surface area contributed by atoms with Crippen LogP contribution in [0.25, 0.3) is 0 Å². The summed E-state index contributed by atoms with van der Waals surface area (Å²) in [4.78, 5) is 46.3. The smallest absolute Gasteiger partial charge is 0.550 e. The van der Waals surface area contributed by atoms with Crippen molar-refractivity contribution in [2.75, 3.05) is 0 Å². The third kappa shape index (κ3) is 73.2. The van der Waals surface area contributed by atoms with Crippen LogP contribution in [0.4, 0.5) is 0 Å². The van der Waals surface area contributed by atoms with Gasteiger partial charge in [-0.3, -0.25) is 9.59 Å². The zero-order valence-corrected chi connectivity index (χ0v) is 55.8. The minimum absolute atomic E-state index is 0. The molecule has 0 heterocycles. The van der Waals surface area contributed by atoms with Gasteiger partial charge in [-0.15, -0.1) is 0 Å². The molecule has 0 N–H and O–H groups in total. The average Bonchev–Trinajstić information content (AvgIpc) is 3.41. The SMILES string of the molecule is CCCCCCCCCCCCCCCCC(=O)OC(CCCCCCCCCCC)CCCCCC(=O)[O-].CCCCCCCCCCCCCCCCC(=O)OC(CCCCCCCCCCC)CCCCCC(=O)[O-].[Ca+2]. The standard InChI is InChI=1S/2C35H68O4.Ca/c2*1-3-5-7-9-11-13-14-15-16-17-19-21-23-28-32-35(38)39-33(30-26-24-27-31-34(36)37)29-25-22-20-18-12-10-8-6-4-2;/h2*33H,3-32H2,1-2H3,(H,36,37);/q;;+2/p-2. The van der Waals surface area contributed by atoms with Crippen LogP contribution in [0.15, 0.2) is 0 Å². The quantitative estimate of drug-likeness (QED) is 0.0334. The molecular formula is C70H134CaO8. The summed E-state index contributed by atoms with van der Waals surface area (Å²) in [6, 6.07) is 0. The molecule has 0 aliphatic rings. The summed E-state index contributed by atoms with van der Waals surface area (Å²) in [6.45, 7) is 9.06. The summed E-state index contributed by atoms with van der Waals surface area (Å²) >= 11 is 0. The molecule has 0 aromatic heterocycles. The Morgan fingerprint density at radius 2 is 0.392 bits per heavy atom. The Morgan fingerprint density at radius 1 is 0.241 bits per heavy atom. The number of rotatable bonds is 64. The summed E-state index contributed by atoms with van der Waals surface area (Å²) < 4.78 is 11.8. The minimum atomic E-state index is -0.971. The van der Waals surface area contributed by atoms with E-state index in [1.165, 1.54) is 257 Å². The van der Waals surface area contributed by atoms with Crippen LogP contribution in [0.1, 0.15) is 413 Å². The fourth-order valence-corrected chi connectivity index (χ4v) is 10.9. The predicted octanol–water partition coefficient (Wildman–Crippen LogP) is 20.4. The third-order valence-corrected chi connectivity index (χ3v) is 16.1. The number of ether oxygens (including phenoxy) is 2. The Bertz CT molecular complexity index is 1140. The Balaban J connectivity index is -0.00000144. The molecular weight excluding hydrogens is 1010 g/mol. The number of aliphatic carboxylic acids is 2. The maximum atomic E-state index is 12.5. The van der Waals surface area contributed by atoms with Crippen molar-refractivity contribution in [3.05, 3.63) is 0 Å². The van der Waals surface area contributed by atoms with E-state index in [9.17, 15) is 29.4 Å². The van der Waals surface area contributed by atoms with Crippen LogP contribution < -0.4 is 10.2 Å². The van der Waals surface area contributed by atoms with E-state index in [-0.39, 0.29) is 74.7 Å². The van der Waals surface area contributed by atoms with Gasteiger partial charge >= 0.3 is 49.7 Å². The number of esters is 2. The van der Waals surface area contributed by atoms with Crippen LogP contribution in [0, 0.1) is 0 Å². The van der Waals surface area contributed by atoms with Gasteiger partial charge in [0, 0.05) is 24.8 Å². The largest absolute Gasteiger partial charge is 2.00 e. The molecule has 2 unspecified atom stereocenters. The van der Waals surface area contributed by atoms with Crippen LogP contribution in [0.5, 0.6) is 0 Å². The van der Waals surface area contributed by atoms with E-state index in [0.717, 1.165) is 89.9 Å². The summed E-state index contributed by atoms with van der Waals surface area (Å²) in [5.74, 6) is -2.02. The second-order valence-corrected chi connectivity index (χ2v) is 24.1. The molecule has 2 atom stereocenters. The summed E-state index contributed by atoms with van der Waals surface area (Å²) in [6.07, 6.45) is 69.9. The summed E-state index contributed by atoms with van der Waals surface area (Å²) in [7, 11) is 0. The number of hydrogen-bond donors (Lipinski definition) is 0. The van der Waals surface area contributed by atoms with Gasteiger partial charge in [0.05, 0.1) is 0 Å². The Morgan fingerprint density at radius 3 is 0.582 bits per heavy atom. The van der Waals surface area contributed by atoms with Crippen molar-refractivity contribution in [2.24, 2.45) is 0 Å². The van der Waals surface area contributed by atoms with E-state index in [4.69, 9.17) is 9.47 Å². The van der Waals surface area contributed by atoms with Crippen LogP contribution in [-0.2, 0) is 28.7 Å². The summed E-state index contributed by atoms with van der Waals surface area (Å²) in [5.41, 5.74) is 0. The van der Waals surface area contributed by atoms with Gasteiger partial charge in [0.1, 0.15) is 12.2 Å². The molecule has 0 spiro atoms. The molecule has 0 aliphatic carbocycles. The normalized spacial score (nSPS) is 11.9. The molecule has 0 fully saturated rings. The van der Waals surface area contributed by atoms with Crippen molar-refractivity contribution >= 4 is 61.6 Å². The van der Waals surface area contributed by atoms with Crippen molar-refractivity contribution in [1.29, 1.82) is 0 Å². The Hall–Kier alpha value is -0.860. The monoisotopic (exact) mass is 1140 g/mol. The maximum absolute atomic E-state index is 12.5. The minimum Gasteiger partial charge on any atom is -0.550 e. The molecule has 0 radical (unpaired) electrons. The molecule has 0 bridgehead atoms. The van der Waals surface area contributed by atoms with E-state index in [1.807, 2.05) is 0 Å². The number of carboxylic acids is 2.